The lowest BCUT2D eigenvalue weighted by atomic mass is 10.0. The van der Waals surface area contributed by atoms with Crippen LogP contribution in [0.25, 0.3) is 11.1 Å². The topological polar surface area (TPSA) is 29.1 Å². The maximum absolute atomic E-state index is 11.8. The van der Waals surface area contributed by atoms with E-state index in [2.05, 4.69) is 5.32 Å². The van der Waals surface area contributed by atoms with Gasteiger partial charge in [0, 0.05) is 23.4 Å². The molecule has 0 spiro atoms. The Morgan fingerprint density at radius 3 is 2.47 bits per heavy atom. The number of thioether (sulfide) groups is 1. The number of hydrogen-bond acceptors (Lipinski definition) is 2. The summed E-state index contributed by atoms with van der Waals surface area (Å²) in [5.41, 5.74) is 3.05. The van der Waals surface area contributed by atoms with E-state index in [9.17, 15) is 4.79 Å². The maximum Gasteiger partial charge on any atom is 0.225 e. The fraction of sp³-hybridized carbons (Fsp3) is 0.188. The first-order valence-corrected chi connectivity index (χ1v) is 7.64. The van der Waals surface area contributed by atoms with E-state index >= 15 is 0 Å². The zero-order valence-electron chi connectivity index (χ0n) is 10.9. The smallest absolute Gasteiger partial charge is 0.225 e. The van der Waals surface area contributed by atoms with Crippen molar-refractivity contribution in [2.75, 3.05) is 17.3 Å². The number of nitrogens with one attached hydrogen (secondary N) is 1. The predicted octanol–water partition coefficient (Wildman–Crippen LogP) is 4.05. The number of rotatable bonds is 5. The summed E-state index contributed by atoms with van der Waals surface area (Å²) in [5, 5.41) is 2.99. The van der Waals surface area contributed by atoms with E-state index in [0.717, 1.165) is 22.6 Å². The largest absolute Gasteiger partial charge is 0.325 e. The van der Waals surface area contributed by atoms with Crippen LogP contribution in [-0.2, 0) is 4.79 Å². The van der Waals surface area contributed by atoms with Gasteiger partial charge >= 0.3 is 0 Å². The Morgan fingerprint density at radius 2 is 1.74 bits per heavy atom. The normalized spacial score (nSPS) is 10.2. The third-order valence-corrected chi connectivity index (χ3v) is 3.43. The van der Waals surface area contributed by atoms with Gasteiger partial charge in [0.1, 0.15) is 0 Å². The highest BCUT2D eigenvalue weighted by molar-refractivity contribution is 7.98. The lowest BCUT2D eigenvalue weighted by Gasteiger charge is -2.11. The molecule has 2 nitrogen and oxygen atoms in total. The van der Waals surface area contributed by atoms with Crippen molar-refractivity contribution in [2.45, 2.75) is 6.42 Å². The van der Waals surface area contributed by atoms with E-state index in [1.54, 1.807) is 11.8 Å². The molecule has 19 heavy (non-hydrogen) atoms. The number of amides is 1. The maximum atomic E-state index is 11.8. The van der Waals surface area contributed by atoms with Gasteiger partial charge in [-0.2, -0.15) is 11.8 Å². The van der Waals surface area contributed by atoms with E-state index in [-0.39, 0.29) is 5.91 Å². The van der Waals surface area contributed by atoms with Crippen LogP contribution in [0.15, 0.2) is 54.6 Å². The summed E-state index contributed by atoms with van der Waals surface area (Å²) < 4.78 is 0. The number of para-hydroxylation sites is 1. The van der Waals surface area contributed by atoms with Crippen molar-refractivity contribution in [3.8, 4) is 11.1 Å². The Hall–Kier alpha value is -1.74. The minimum absolute atomic E-state index is 0.0673. The third-order valence-electron chi connectivity index (χ3n) is 2.82. The van der Waals surface area contributed by atoms with E-state index < -0.39 is 0 Å². The molecule has 0 fully saturated rings. The van der Waals surface area contributed by atoms with E-state index in [4.69, 9.17) is 0 Å². The van der Waals surface area contributed by atoms with Gasteiger partial charge in [-0.05, 0) is 17.9 Å². The Balaban J connectivity index is 2.20. The molecule has 1 amide bonds. The molecule has 0 aliphatic heterocycles. The lowest BCUT2D eigenvalue weighted by molar-refractivity contribution is -0.115. The average molecular weight is 271 g/mol. The van der Waals surface area contributed by atoms with Crippen LogP contribution in [0.2, 0.25) is 0 Å². The second-order valence-electron chi connectivity index (χ2n) is 4.20. The Bertz CT molecular complexity index is 539. The van der Waals surface area contributed by atoms with Crippen molar-refractivity contribution in [3.05, 3.63) is 54.6 Å². The van der Waals surface area contributed by atoms with Gasteiger partial charge < -0.3 is 5.32 Å². The van der Waals surface area contributed by atoms with Gasteiger partial charge in [-0.3, -0.25) is 4.79 Å². The molecule has 0 heterocycles. The SMILES string of the molecule is CSCCC(=O)Nc1ccccc1-c1ccccc1. The van der Waals surface area contributed by atoms with Crippen molar-refractivity contribution in [1.29, 1.82) is 0 Å². The molecule has 0 unspecified atom stereocenters. The second-order valence-corrected chi connectivity index (χ2v) is 5.19. The molecule has 2 rings (SSSR count). The van der Waals surface area contributed by atoms with Crippen LogP contribution in [0.3, 0.4) is 0 Å². The quantitative estimate of drug-likeness (QED) is 0.889. The number of benzene rings is 2. The average Bonchev–Trinajstić information content (AvgIpc) is 2.46. The predicted molar refractivity (Wildman–Crippen MR) is 83.5 cm³/mol. The molecule has 0 radical (unpaired) electrons. The van der Waals surface area contributed by atoms with Crippen LogP contribution in [0.1, 0.15) is 6.42 Å². The Labute approximate surface area is 118 Å². The molecule has 0 aliphatic rings. The fourth-order valence-corrected chi connectivity index (χ4v) is 2.26. The molecule has 2 aromatic rings. The second kappa shape index (κ2) is 7.00. The van der Waals surface area contributed by atoms with Gasteiger partial charge in [-0.1, -0.05) is 48.5 Å². The Morgan fingerprint density at radius 1 is 1.05 bits per heavy atom. The van der Waals surface area contributed by atoms with Crippen molar-refractivity contribution in [3.63, 3.8) is 0 Å². The molecule has 0 bridgehead atoms. The molecular weight excluding hydrogens is 254 g/mol. The first-order valence-electron chi connectivity index (χ1n) is 6.24. The standard InChI is InChI=1S/C16H17NOS/c1-19-12-11-16(18)17-15-10-6-5-9-14(15)13-7-3-2-4-8-13/h2-10H,11-12H2,1H3,(H,17,18). The highest BCUT2D eigenvalue weighted by atomic mass is 32.2. The van der Waals surface area contributed by atoms with Gasteiger partial charge in [-0.15, -0.1) is 0 Å². The molecule has 0 aliphatic carbocycles. The molecule has 0 atom stereocenters. The summed E-state index contributed by atoms with van der Waals surface area (Å²) in [6.45, 7) is 0. The molecule has 0 saturated heterocycles. The van der Waals surface area contributed by atoms with Crippen molar-refractivity contribution >= 4 is 23.4 Å². The van der Waals surface area contributed by atoms with Gasteiger partial charge in [0.2, 0.25) is 5.91 Å². The molecule has 3 heteroatoms. The van der Waals surface area contributed by atoms with Crippen molar-refractivity contribution < 1.29 is 4.79 Å². The molecular formula is C16H17NOS. The number of carbonyl (C=O) groups excluding carboxylic acids is 1. The minimum Gasteiger partial charge on any atom is -0.325 e. The molecule has 98 valence electrons. The highest BCUT2D eigenvalue weighted by Crippen LogP contribution is 2.27. The number of hydrogen-bond donors (Lipinski definition) is 1. The zero-order chi connectivity index (χ0) is 13.5. The molecule has 0 saturated carbocycles. The van der Waals surface area contributed by atoms with Gasteiger partial charge in [-0.25, -0.2) is 0 Å². The monoisotopic (exact) mass is 271 g/mol. The number of anilines is 1. The fourth-order valence-electron chi connectivity index (χ4n) is 1.87. The van der Waals surface area contributed by atoms with Crippen LogP contribution < -0.4 is 5.32 Å². The first-order chi connectivity index (χ1) is 9.31. The van der Waals surface area contributed by atoms with E-state index in [1.807, 2.05) is 60.9 Å². The summed E-state index contributed by atoms with van der Waals surface area (Å²) in [7, 11) is 0. The first kappa shape index (κ1) is 13.7. The van der Waals surface area contributed by atoms with Crippen molar-refractivity contribution in [2.24, 2.45) is 0 Å². The van der Waals surface area contributed by atoms with Gasteiger partial charge in [0.15, 0.2) is 0 Å². The summed E-state index contributed by atoms with van der Waals surface area (Å²) in [5.74, 6) is 0.914. The molecule has 0 aromatic heterocycles. The lowest BCUT2D eigenvalue weighted by Crippen LogP contribution is -2.12. The molecule has 2 aromatic carbocycles. The third kappa shape index (κ3) is 3.86. The van der Waals surface area contributed by atoms with Gasteiger partial charge in [0.25, 0.3) is 0 Å². The summed E-state index contributed by atoms with van der Waals surface area (Å²) in [6, 6.07) is 18.0. The van der Waals surface area contributed by atoms with Crippen LogP contribution in [-0.4, -0.2) is 17.9 Å². The highest BCUT2D eigenvalue weighted by Gasteiger charge is 2.07. The molecule has 1 N–H and O–H groups in total. The summed E-state index contributed by atoms with van der Waals surface area (Å²) >= 11 is 1.68. The van der Waals surface area contributed by atoms with Crippen LogP contribution in [0.4, 0.5) is 5.69 Å². The zero-order valence-corrected chi connectivity index (χ0v) is 11.7. The number of carbonyl (C=O) groups is 1. The summed E-state index contributed by atoms with van der Waals surface area (Å²) in [6.07, 6.45) is 2.55. The van der Waals surface area contributed by atoms with E-state index in [1.165, 1.54) is 0 Å². The Kier molecular flexibility index (Phi) is 5.04. The van der Waals surface area contributed by atoms with E-state index in [0.29, 0.717) is 6.42 Å². The minimum atomic E-state index is 0.0673. The van der Waals surface area contributed by atoms with Crippen LogP contribution in [0.5, 0.6) is 0 Å². The van der Waals surface area contributed by atoms with Crippen molar-refractivity contribution in [1.82, 2.24) is 0 Å². The van der Waals surface area contributed by atoms with Crippen LogP contribution in [0, 0.1) is 0 Å². The van der Waals surface area contributed by atoms with Crippen LogP contribution >= 0.6 is 11.8 Å². The summed E-state index contributed by atoms with van der Waals surface area (Å²) in [4.78, 5) is 11.8. The van der Waals surface area contributed by atoms with Gasteiger partial charge in [0.05, 0.1) is 0 Å².